The Morgan fingerprint density at radius 3 is 2.73 bits per heavy atom. The third kappa shape index (κ3) is 6.26. The zero-order chi connectivity index (χ0) is 21.5. The first-order chi connectivity index (χ1) is 14.4. The smallest absolute Gasteiger partial charge is 0.251 e. The molecule has 30 heavy (non-hydrogen) atoms. The number of benzene rings is 1. The third-order valence-corrected chi connectivity index (χ3v) is 5.46. The summed E-state index contributed by atoms with van der Waals surface area (Å²) in [6.07, 6.45) is 2.04. The lowest BCUT2D eigenvalue weighted by Gasteiger charge is -2.30. The van der Waals surface area contributed by atoms with Crippen LogP contribution in [0, 0.1) is 0 Å². The topological polar surface area (TPSA) is 71.9 Å². The Labute approximate surface area is 179 Å². The molecule has 162 valence electrons. The predicted octanol–water partition coefficient (Wildman–Crippen LogP) is 1.23. The molecule has 0 spiro atoms. The fourth-order valence-corrected chi connectivity index (χ4v) is 3.62. The van der Waals surface area contributed by atoms with Gasteiger partial charge in [-0.05, 0) is 43.8 Å². The van der Waals surface area contributed by atoms with Gasteiger partial charge in [0.25, 0.3) is 5.91 Å². The normalized spacial score (nSPS) is 15.0. The van der Waals surface area contributed by atoms with Crippen molar-refractivity contribution in [2.45, 2.75) is 19.1 Å². The van der Waals surface area contributed by atoms with Crippen LogP contribution in [0.2, 0.25) is 0 Å². The monoisotopic (exact) mass is 411 g/mol. The number of aromatic nitrogens is 1. The minimum absolute atomic E-state index is 0.192. The molecular weight excluding hydrogens is 378 g/mol. The van der Waals surface area contributed by atoms with Crippen LogP contribution in [0.3, 0.4) is 0 Å². The first kappa shape index (κ1) is 22.2. The van der Waals surface area contributed by atoms with Gasteiger partial charge in [0.05, 0.1) is 6.10 Å². The summed E-state index contributed by atoms with van der Waals surface area (Å²) in [5.41, 5.74) is 3.26. The summed E-state index contributed by atoms with van der Waals surface area (Å²) >= 11 is 0. The van der Waals surface area contributed by atoms with Gasteiger partial charge in [0.2, 0.25) is 0 Å². The molecule has 0 fully saturated rings. The van der Waals surface area contributed by atoms with Gasteiger partial charge in [0, 0.05) is 58.1 Å². The van der Waals surface area contributed by atoms with E-state index >= 15 is 0 Å². The van der Waals surface area contributed by atoms with Gasteiger partial charge in [0.15, 0.2) is 0 Å². The maximum absolute atomic E-state index is 12.6. The number of β-amino-alcohol motifs (C(OH)–C–C–N with tert-alkyl or cyclic N) is 1. The van der Waals surface area contributed by atoms with Crippen molar-refractivity contribution in [2.24, 2.45) is 0 Å². The van der Waals surface area contributed by atoms with E-state index in [9.17, 15) is 9.90 Å². The van der Waals surface area contributed by atoms with E-state index in [4.69, 9.17) is 0 Å². The molecule has 2 heterocycles. The van der Waals surface area contributed by atoms with Crippen molar-refractivity contribution >= 4 is 11.7 Å². The van der Waals surface area contributed by atoms with Gasteiger partial charge in [-0.15, -0.1) is 0 Å². The van der Waals surface area contributed by atoms with E-state index in [0.717, 1.165) is 38.4 Å². The van der Waals surface area contributed by atoms with Crippen molar-refractivity contribution in [2.75, 3.05) is 58.8 Å². The second kappa shape index (κ2) is 10.5. The molecule has 1 aliphatic heterocycles. The van der Waals surface area contributed by atoms with Crippen molar-refractivity contribution in [1.29, 1.82) is 0 Å². The second-order valence-corrected chi connectivity index (χ2v) is 8.25. The number of nitrogens with one attached hydrogen (secondary N) is 1. The number of carbonyl (C=O) groups is 1. The molecule has 7 nitrogen and oxygen atoms in total. The van der Waals surface area contributed by atoms with Crippen LogP contribution in [0.5, 0.6) is 0 Å². The molecule has 0 aliphatic carbocycles. The average Bonchev–Trinajstić information content (AvgIpc) is 2.75. The van der Waals surface area contributed by atoms with Crippen LogP contribution in [0.1, 0.15) is 21.5 Å². The number of hydrogen-bond acceptors (Lipinski definition) is 6. The lowest BCUT2D eigenvalue weighted by molar-refractivity contribution is 0.0842. The Balaban J connectivity index is 1.47. The SMILES string of the molecule is CN(C)CCN(C)c1cc(C(=O)NC[C@H](O)CN2CCc3ccccc3C2)ccn1. The summed E-state index contributed by atoms with van der Waals surface area (Å²) in [5.74, 6) is 0.569. The quantitative estimate of drug-likeness (QED) is 0.647. The largest absolute Gasteiger partial charge is 0.390 e. The van der Waals surface area contributed by atoms with Crippen molar-refractivity contribution in [3.63, 3.8) is 0 Å². The van der Waals surface area contributed by atoms with Crippen LogP contribution in [0.4, 0.5) is 5.82 Å². The fourth-order valence-electron chi connectivity index (χ4n) is 3.62. The summed E-state index contributed by atoms with van der Waals surface area (Å²) < 4.78 is 0. The molecular formula is C23H33N5O2. The summed E-state index contributed by atoms with van der Waals surface area (Å²) in [6.45, 7) is 4.27. The number of amides is 1. The van der Waals surface area contributed by atoms with Crippen molar-refractivity contribution in [3.8, 4) is 0 Å². The maximum Gasteiger partial charge on any atom is 0.251 e. The van der Waals surface area contributed by atoms with Crippen LogP contribution >= 0.6 is 0 Å². The maximum atomic E-state index is 12.6. The number of rotatable bonds is 9. The van der Waals surface area contributed by atoms with Crippen LogP contribution < -0.4 is 10.2 Å². The molecule has 0 radical (unpaired) electrons. The number of likely N-dealkylation sites (N-methyl/N-ethyl adjacent to an activating group) is 2. The number of aliphatic hydroxyl groups excluding tert-OH is 1. The molecule has 1 aromatic carbocycles. The minimum atomic E-state index is -0.608. The highest BCUT2D eigenvalue weighted by Gasteiger charge is 2.19. The Morgan fingerprint density at radius 1 is 1.20 bits per heavy atom. The number of anilines is 1. The predicted molar refractivity (Wildman–Crippen MR) is 120 cm³/mol. The van der Waals surface area contributed by atoms with Crippen molar-refractivity contribution in [1.82, 2.24) is 20.1 Å². The first-order valence-electron chi connectivity index (χ1n) is 10.5. The second-order valence-electron chi connectivity index (χ2n) is 8.25. The molecule has 0 saturated carbocycles. The van der Waals surface area contributed by atoms with E-state index in [1.54, 1.807) is 18.3 Å². The molecule has 1 aliphatic rings. The molecule has 0 bridgehead atoms. The standard InChI is InChI=1S/C23H33N5O2/c1-26(2)12-13-27(3)22-14-19(8-10-24-22)23(30)25-15-21(29)17-28-11-9-18-6-4-5-7-20(18)16-28/h4-8,10,14,21,29H,9,11-13,15-17H2,1-3H3,(H,25,30)/t21-/m0/s1. The van der Waals surface area contributed by atoms with E-state index in [0.29, 0.717) is 12.1 Å². The van der Waals surface area contributed by atoms with E-state index in [1.807, 2.05) is 26.0 Å². The van der Waals surface area contributed by atoms with Gasteiger partial charge in [-0.2, -0.15) is 0 Å². The minimum Gasteiger partial charge on any atom is -0.390 e. The number of hydrogen-bond donors (Lipinski definition) is 2. The molecule has 3 rings (SSSR count). The van der Waals surface area contributed by atoms with Crippen LogP contribution in [-0.4, -0.2) is 85.8 Å². The Morgan fingerprint density at radius 2 is 1.97 bits per heavy atom. The van der Waals surface area contributed by atoms with Gasteiger partial charge in [-0.3, -0.25) is 9.69 Å². The van der Waals surface area contributed by atoms with E-state index in [2.05, 4.69) is 44.4 Å². The molecule has 1 amide bonds. The van der Waals surface area contributed by atoms with Crippen LogP contribution in [0.15, 0.2) is 42.6 Å². The van der Waals surface area contributed by atoms with E-state index < -0.39 is 6.10 Å². The molecule has 1 aromatic heterocycles. The summed E-state index contributed by atoms with van der Waals surface area (Å²) in [5, 5.41) is 13.3. The average molecular weight is 412 g/mol. The molecule has 2 aromatic rings. The highest BCUT2D eigenvalue weighted by Crippen LogP contribution is 2.18. The van der Waals surface area contributed by atoms with E-state index in [1.165, 1.54) is 11.1 Å². The lowest BCUT2D eigenvalue weighted by atomic mass is 10.00. The number of carbonyl (C=O) groups excluding carboxylic acids is 1. The fraction of sp³-hybridized carbons (Fsp3) is 0.478. The number of aliphatic hydroxyl groups is 1. The first-order valence-corrected chi connectivity index (χ1v) is 10.5. The highest BCUT2D eigenvalue weighted by molar-refractivity contribution is 5.94. The van der Waals surface area contributed by atoms with Crippen molar-refractivity contribution < 1.29 is 9.90 Å². The number of fused-ring (bicyclic) bond motifs is 1. The van der Waals surface area contributed by atoms with Crippen molar-refractivity contribution in [3.05, 3.63) is 59.3 Å². The molecule has 7 heteroatoms. The third-order valence-electron chi connectivity index (χ3n) is 5.46. The van der Waals surface area contributed by atoms with Gasteiger partial charge in [-0.1, -0.05) is 24.3 Å². The Hall–Kier alpha value is -2.48. The lowest BCUT2D eigenvalue weighted by Crippen LogP contribution is -2.42. The Bertz CT molecular complexity index is 842. The van der Waals surface area contributed by atoms with E-state index in [-0.39, 0.29) is 12.5 Å². The summed E-state index contributed by atoms with van der Waals surface area (Å²) in [4.78, 5) is 23.3. The summed E-state index contributed by atoms with van der Waals surface area (Å²) in [7, 11) is 6.02. The molecule has 1 atom stereocenters. The van der Waals surface area contributed by atoms with Crippen LogP contribution in [-0.2, 0) is 13.0 Å². The van der Waals surface area contributed by atoms with Gasteiger partial charge < -0.3 is 20.2 Å². The molecule has 0 unspecified atom stereocenters. The molecule has 0 saturated heterocycles. The van der Waals surface area contributed by atoms with Gasteiger partial charge in [-0.25, -0.2) is 4.98 Å². The zero-order valence-electron chi connectivity index (χ0n) is 18.2. The van der Waals surface area contributed by atoms with Gasteiger partial charge in [0.1, 0.15) is 5.82 Å². The number of nitrogens with zero attached hydrogens (tertiary/aromatic N) is 4. The zero-order valence-corrected chi connectivity index (χ0v) is 18.2. The van der Waals surface area contributed by atoms with Crippen LogP contribution in [0.25, 0.3) is 0 Å². The highest BCUT2D eigenvalue weighted by atomic mass is 16.3. The van der Waals surface area contributed by atoms with Gasteiger partial charge >= 0.3 is 0 Å². The summed E-state index contributed by atoms with van der Waals surface area (Å²) in [6, 6.07) is 11.9. The number of pyridine rings is 1. The molecule has 2 N–H and O–H groups in total. The Kier molecular flexibility index (Phi) is 7.79.